The lowest BCUT2D eigenvalue weighted by atomic mass is 10.0. The maximum absolute atomic E-state index is 12.7. The predicted octanol–water partition coefficient (Wildman–Crippen LogP) is 5.04. The number of hydrogen-bond donors (Lipinski definition) is 4. The number of fused-ring (bicyclic) bond motifs is 1. The fourth-order valence-corrected chi connectivity index (χ4v) is 4.50. The molecule has 0 saturated carbocycles. The van der Waals surface area contributed by atoms with Crippen molar-refractivity contribution in [3.05, 3.63) is 101 Å². The van der Waals surface area contributed by atoms with E-state index in [1.54, 1.807) is 55.6 Å². The summed E-state index contributed by atoms with van der Waals surface area (Å²) < 4.78 is 11.0. The van der Waals surface area contributed by atoms with Gasteiger partial charge in [-0.3, -0.25) is 14.6 Å². The van der Waals surface area contributed by atoms with E-state index in [2.05, 4.69) is 15.6 Å². The summed E-state index contributed by atoms with van der Waals surface area (Å²) in [5.41, 5.74) is 2.44. The summed E-state index contributed by atoms with van der Waals surface area (Å²) in [4.78, 5) is 28.7. The van der Waals surface area contributed by atoms with Crippen LogP contribution in [0.1, 0.15) is 34.5 Å². The van der Waals surface area contributed by atoms with Gasteiger partial charge in [0, 0.05) is 29.2 Å². The number of hydrogen-bond acceptors (Lipinski definition) is 8. The molecule has 2 atom stereocenters. The minimum atomic E-state index is -0.752. The molecular weight excluding hydrogens is 617 g/mol. The van der Waals surface area contributed by atoms with Crippen LogP contribution < -0.4 is 15.4 Å². The standard InChI is InChI=1S/C31H32ClN3O6.2ClH/c1-2-40-29(38)18-35-31(39)26-8-4-7-25-28(13-14-33-30(25)26)41-24-11-9-20(10-12-24)15-23(19-36)34-17-27(37)21-5-3-6-22(32)16-21;;/h3-14,16,23,27,34,36-37H,2,15,17-19H2,1H3,(H,35,39);2*1H/t23-,27+;;/m0../s1. The zero-order chi connectivity index (χ0) is 29.2. The number of pyridine rings is 1. The first-order valence-electron chi connectivity index (χ1n) is 13.2. The van der Waals surface area contributed by atoms with Crippen LogP contribution in [0.15, 0.2) is 79.0 Å². The van der Waals surface area contributed by atoms with Crippen LogP contribution in [0.3, 0.4) is 0 Å². The van der Waals surface area contributed by atoms with E-state index in [1.165, 1.54) is 0 Å². The van der Waals surface area contributed by atoms with Gasteiger partial charge in [-0.25, -0.2) is 0 Å². The number of halogens is 3. The van der Waals surface area contributed by atoms with Crippen LogP contribution in [0.25, 0.3) is 10.9 Å². The molecule has 1 aromatic heterocycles. The molecule has 0 saturated heterocycles. The van der Waals surface area contributed by atoms with Crippen molar-refractivity contribution in [2.24, 2.45) is 0 Å². The first-order chi connectivity index (χ1) is 19.9. The van der Waals surface area contributed by atoms with Crippen LogP contribution in [0.5, 0.6) is 11.5 Å². The zero-order valence-electron chi connectivity index (χ0n) is 23.4. The number of aromatic nitrogens is 1. The third-order valence-electron chi connectivity index (χ3n) is 6.36. The van der Waals surface area contributed by atoms with Crippen molar-refractivity contribution in [3.8, 4) is 11.5 Å². The van der Waals surface area contributed by atoms with Crippen molar-refractivity contribution < 1.29 is 29.3 Å². The van der Waals surface area contributed by atoms with Crippen molar-refractivity contribution >= 4 is 59.2 Å². The van der Waals surface area contributed by atoms with Gasteiger partial charge in [-0.2, -0.15) is 0 Å². The molecule has 43 heavy (non-hydrogen) atoms. The molecule has 0 unspecified atom stereocenters. The molecule has 1 heterocycles. The Morgan fingerprint density at radius 1 is 1.02 bits per heavy atom. The molecule has 0 aliphatic rings. The second-order valence-electron chi connectivity index (χ2n) is 9.31. The summed E-state index contributed by atoms with van der Waals surface area (Å²) in [6.07, 6.45) is 1.35. The van der Waals surface area contributed by atoms with Crippen molar-refractivity contribution in [2.75, 3.05) is 26.3 Å². The molecule has 0 fully saturated rings. The fraction of sp³-hybridized carbons (Fsp3) is 0.258. The summed E-state index contributed by atoms with van der Waals surface area (Å²) in [6, 6.07) is 21.1. The molecule has 230 valence electrons. The lowest BCUT2D eigenvalue weighted by Gasteiger charge is -2.19. The molecular formula is C31H34Cl3N3O6. The third-order valence-corrected chi connectivity index (χ3v) is 6.60. The number of aliphatic hydroxyl groups excluding tert-OH is 2. The minimum Gasteiger partial charge on any atom is -0.465 e. The Bertz CT molecular complexity index is 1490. The van der Waals surface area contributed by atoms with Crippen molar-refractivity contribution in [1.82, 2.24) is 15.6 Å². The van der Waals surface area contributed by atoms with Gasteiger partial charge in [0.1, 0.15) is 18.0 Å². The van der Waals surface area contributed by atoms with Crippen LogP contribution in [0.4, 0.5) is 0 Å². The Hall–Kier alpha value is -3.44. The number of rotatable bonds is 13. The van der Waals surface area contributed by atoms with Crippen LogP contribution in [0, 0.1) is 0 Å². The SMILES string of the molecule is CCOC(=O)CNC(=O)c1cccc2c(Oc3ccc(C[C@@H](CO)NC[C@@H](O)c4cccc(Cl)c4)cc3)ccnc12.Cl.Cl. The van der Waals surface area contributed by atoms with Gasteiger partial charge in [-0.05, 0) is 66.9 Å². The fourth-order valence-electron chi connectivity index (χ4n) is 4.30. The molecule has 3 aromatic carbocycles. The molecule has 4 N–H and O–H groups in total. The Labute approximate surface area is 267 Å². The van der Waals surface area contributed by atoms with Gasteiger partial charge in [0.2, 0.25) is 0 Å². The van der Waals surface area contributed by atoms with Gasteiger partial charge in [-0.1, -0.05) is 41.9 Å². The van der Waals surface area contributed by atoms with Crippen molar-refractivity contribution in [1.29, 1.82) is 0 Å². The summed E-state index contributed by atoms with van der Waals surface area (Å²) in [7, 11) is 0. The monoisotopic (exact) mass is 649 g/mol. The van der Waals surface area contributed by atoms with Crippen molar-refractivity contribution in [3.63, 3.8) is 0 Å². The second kappa shape index (κ2) is 17.6. The molecule has 0 spiro atoms. The molecule has 1 amide bonds. The number of carbonyl (C=O) groups is 2. The molecule has 9 nitrogen and oxygen atoms in total. The summed E-state index contributed by atoms with van der Waals surface area (Å²) >= 11 is 6.01. The number of aliphatic hydroxyl groups is 2. The lowest BCUT2D eigenvalue weighted by Crippen LogP contribution is -2.37. The van der Waals surface area contributed by atoms with Crippen LogP contribution in [0.2, 0.25) is 5.02 Å². The molecule has 0 bridgehead atoms. The van der Waals surface area contributed by atoms with Gasteiger partial charge in [0.15, 0.2) is 0 Å². The molecule has 0 radical (unpaired) electrons. The first-order valence-corrected chi connectivity index (χ1v) is 13.6. The van der Waals surface area contributed by atoms with E-state index >= 15 is 0 Å². The number of ether oxygens (including phenoxy) is 2. The van der Waals surface area contributed by atoms with Gasteiger partial charge in [-0.15, -0.1) is 24.8 Å². The van der Waals surface area contributed by atoms with Crippen LogP contribution >= 0.6 is 36.4 Å². The Kier molecular flexibility index (Phi) is 14.7. The van der Waals surface area contributed by atoms with E-state index in [4.69, 9.17) is 21.1 Å². The van der Waals surface area contributed by atoms with E-state index in [9.17, 15) is 19.8 Å². The molecule has 4 aromatic rings. The molecule has 0 aliphatic heterocycles. The van der Waals surface area contributed by atoms with Crippen molar-refractivity contribution in [2.45, 2.75) is 25.5 Å². The number of para-hydroxylation sites is 1. The maximum atomic E-state index is 12.7. The van der Waals surface area contributed by atoms with Gasteiger partial charge in [0.25, 0.3) is 5.91 Å². The predicted molar refractivity (Wildman–Crippen MR) is 171 cm³/mol. The average Bonchev–Trinajstić information content (AvgIpc) is 2.98. The number of carbonyl (C=O) groups excluding carboxylic acids is 2. The largest absolute Gasteiger partial charge is 0.465 e. The Balaban J connectivity index is 0.00000323. The van der Waals surface area contributed by atoms with E-state index in [1.807, 2.05) is 30.3 Å². The molecule has 4 rings (SSSR count). The first kappa shape index (κ1) is 35.8. The van der Waals surface area contributed by atoms with Gasteiger partial charge < -0.3 is 30.3 Å². The number of amides is 1. The number of esters is 1. The van der Waals surface area contributed by atoms with E-state index in [0.29, 0.717) is 45.0 Å². The average molecular weight is 651 g/mol. The molecule has 0 aliphatic carbocycles. The summed E-state index contributed by atoms with van der Waals surface area (Å²) in [5.74, 6) is 0.151. The number of benzene rings is 3. The second-order valence-corrected chi connectivity index (χ2v) is 9.74. The number of nitrogens with one attached hydrogen (secondary N) is 2. The Morgan fingerprint density at radius 2 is 1.77 bits per heavy atom. The third kappa shape index (κ3) is 10.1. The Morgan fingerprint density at radius 3 is 2.47 bits per heavy atom. The van der Waals surface area contributed by atoms with E-state index in [0.717, 1.165) is 5.56 Å². The van der Waals surface area contributed by atoms with E-state index in [-0.39, 0.29) is 57.2 Å². The van der Waals surface area contributed by atoms with Gasteiger partial charge >= 0.3 is 5.97 Å². The summed E-state index contributed by atoms with van der Waals surface area (Å²) in [5, 5.41) is 27.3. The van der Waals surface area contributed by atoms with E-state index < -0.39 is 18.0 Å². The summed E-state index contributed by atoms with van der Waals surface area (Å²) in [6.45, 7) is 1.87. The number of nitrogens with zero attached hydrogens (tertiary/aromatic N) is 1. The molecule has 12 heteroatoms. The highest BCUT2D eigenvalue weighted by atomic mass is 35.5. The highest BCUT2D eigenvalue weighted by Crippen LogP contribution is 2.30. The topological polar surface area (TPSA) is 130 Å². The highest BCUT2D eigenvalue weighted by molar-refractivity contribution is 6.30. The minimum absolute atomic E-state index is 0. The highest BCUT2D eigenvalue weighted by Gasteiger charge is 2.16. The quantitative estimate of drug-likeness (QED) is 0.148. The van der Waals surface area contributed by atoms with Crippen LogP contribution in [-0.2, 0) is 16.0 Å². The van der Waals surface area contributed by atoms with Crippen LogP contribution in [-0.4, -0.2) is 59.4 Å². The lowest BCUT2D eigenvalue weighted by molar-refractivity contribution is -0.141. The smallest absolute Gasteiger partial charge is 0.325 e. The van der Waals surface area contributed by atoms with Gasteiger partial charge in [0.05, 0.1) is 30.4 Å². The maximum Gasteiger partial charge on any atom is 0.325 e. The zero-order valence-corrected chi connectivity index (χ0v) is 25.8. The normalized spacial score (nSPS) is 11.9.